The number of fused-ring (bicyclic) bond motifs is 1. The summed E-state index contributed by atoms with van der Waals surface area (Å²) in [7, 11) is 0. The number of hydrogen-bond donors (Lipinski definition) is 2. The van der Waals surface area contributed by atoms with Crippen molar-refractivity contribution in [2.75, 3.05) is 6.54 Å². The molecule has 2 N–H and O–H groups in total. The molecule has 0 radical (unpaired) electrons. The van der Waals surface area contributed by atoms with E-state index in [0.717, 1.165) is 5.56 Å². The van der Waals surface area contributed by atoms with Crippen LogP contribution in [0.1, 0.15) is 33.7 Å². The summed E-state index contributed by atoms with van der Waals surface area (Å²) < 4.78 is 1.43. The first-order valence-electron chi connectivity index (χ1n) is 10.8. The summed E-state index contributed by atoms with van der Waals surface area (Å²) >= 11 is 0. The number of hydrogen-bond acceptors (Lipinski definition) is 5. The van der Waals surface area contributed by atoms with Gasteiger partial charge in [-0.05, 0) is 54.1 Å². The van der Waals surface area contributed by atoms with Gasteiger partial charge in [0, 0.05) is 12.1 Å². The van der Waals surface area contributed by atoms with Gasteiger partial charge in [-0.1, -0.05) is 36.4 Å². The maximum absolute atomic E-state index is 13.5. The molecule has 0 saturated heterocycles. The van der Waals surface area contributed by atoms with Gasteiger partial charge in [-0.2, -0.15) is 5.26 Å². The van der Waals surface area contributed by atoms with E-state index in [1.807, 2.05) is 0 Å². The smallest absolute Gasteiger partial charge is 0.305 e. The molecule has 0 aliphatic rings. The molecule has 1 aromatic heterocycles. The molecule has 3 aromatic carbocycles. The minimum Gasteiger partial charge on any atom is -0.481 e. The predicted molar refractivity (Wildman–Crippen MR) is 132 cm³/mol. The molecule has 0 unspecified atom stereocenters. The van der Waals surface area contributed by atoms with E-state index in [9.17, 15) is 14.4 Å². The minimum atomic E-state index is -1.01. The SMILES string of the molecule is N#Cc1ccc(/C=C/c2nc3ccccc3c(=O)n2-c2cccc(C(=O)NCCC(=O)O)c2)cc1. The third-order valence-electron chi connectivity index (χ3n) is 5.26. The lowest BCUT2D eigenvalue weighted by molar-refractivity contribution is -0.136. The number of para-hydroxylation sites is 1. The van der Waals surface area contributed by atoms with Crippen molar-refractivity contribution in [3.05, 3.63) is 106 Å². The number of aromatic nitrogens is 2. The molecule has 8 heteroatoms. The average Bonchev–Trinajstić information content (AvgIpc) is 2.87. The highest BCUT2D eigenvalue weighted by molar-refractivity contribution is 5.95. The van der Waals surface area contributed by atoms with Gasteiger partial charge in [0.1, 0.15) is 5.82 Å². The largest absolute Gasteiger partial charge is 0.481 e. The van der Waals surface area contributed by atoms with Crippen LogP contribution in [0.5, 0.6) is 0 Å². The fraction of sp³-hybridized carbons (Fsp3) is 0.0741. The zero-order chi connectivity index (χ0) is 24.8. The Morgan fingerprint density at radius 1 is 1.03 bits per heavy atom. The molecule has 0 aliphatic heterocycles. The molecule has 0 atom stereocenters. The molecule has 0 aliphatic carbocycles. The van der Waals surface area contributed by atoms with Crippen molar-refractivity contribution in [1.29, 1.82) is 5.26 Å². The quantitative estimate of drug-likeness (QED) is 0.430. The first kappa shape index (κ1) is 23.1. The van der Waals surface area contributed by atoms with Gasteiger partial charge in [-0.15, -0.1) is 0 Å². The first-order valence-corrected chi connectivity index (χ1v) is 10.8. The fourth-order valence-electron chi connectivity index (χ4n) is 3.52. The van der Waals surface area contributed by atoms with E-state index in [2.05, 4.69) is 16.4 Å². The summed E-state index contributed by atoms with van der Waals surface area (Å²) in [6, 6.07) is 22.6. The second-order valence-corrected chi connectivity index (χ2v) is 7.64. The molecular weight excluding hydrogens is 444 g/mol. The summed E-state index contributed by atoms with van der Waals surface area (Å²) in [6.45, 7) is -0.00550. The molecule has 0 saturated carbocycles. The molecule has 35 heavy (non-hydrogen) atoms. The van der Waals surface area contributed by atoms with E-state index in [1.165, 1.54) is 4.57 Å². The van der Waals surface area contributed by atoms with E-state index in [4.69, 9.17) is 10.4 Å². The molecule has 4 rings (SSSR count). The fourth-order valence-corrected chi connectivity index (χ4v) is 3.52. The van der Waals surface area contributed by atoms with Gasteiger partial charge in [-0.25, -0.2) is 4.98 Å². The lowest BCUT2D eigenvalue weighted by Crippen LogP contribution is -2.27. The number of carbonyl (C=O) groups excluding carboxylic acids is 1. The summed E-state index contributed by atoms with van der Waals surface area (Å²) in [6.07, 6.45) is 3.30. The highest BCUT2D eigenvalue weighted by atomic mass is 16.4. The van der Waals surface area contributed by atoms with Crippen LogP contribution < -0.4 is 10.9 Å². The van der Waals surface area contributed by atoms with Gasteiger partial charge < -0.3 is 10.4 Å². The van der Waals surface area contributed by atoms with Gasteiger partial charge >= 0.3 is 5.97 Å². The van der Waals surface area contributed by atoms with Crippen LogP contribution in [0.4, 0.5) is 0 Å². The Morgan fingerprint density at radius 3 is 2.54 bits per heavy atom. The average molecular weight is 464 g/mol. The number of nitrogens with one attached hydrogen (secondary N) is 1. The lowest BCUT2D eigenvalue weighted by atomic mass is 10.1. The van der Waals surface area contributed by atoms with E-state index in [1.54, 1.807) is 84.9 Å². The summed E-state index contributed by atoms with van der Waals surface area (Å²) in [4.78, 5) is 41.4. The second kappa shape index (κ2) is 10.3. The molecule has 172 valence electrons. The van der Waals surface area contributed by atoms with Crippen LogP contribution in [0.15, 0.2) is 77.6 Å². The highest BCUT2D eigenvalue weighted by Gasteiger charge is 2.13. The number of carbonyl (C=O) groups is 2. The maximum Gasteiger partial charge on any atom is 0.305 e. The van der Waals surface area contributed by atoms with Crippen LogP contribution in [0.25, 0.3) is 28.7 Å². The molecule has 0 fully saturated rings. The van der Waals surface area contributed by atoms with E-state index in [0.29, 0.717) is 28.0 Å². The van der Waals surface area contributed by atoms with Crippen LogP contribution >= 0.6 is 0 Å². The molecule has 4 aromatic rings. The number of aliphatic carboxylic acids is 1. The Balaban J connectivity index is 1.77. The number of carboxylic acids is 1. The zero-order valence-electron chi connectivity index (χ0n) is 18.5. The molecule has 0 bridgehead atoms. The van der Waals surface area contributed by atoms with Gasteiger partial charge in [-0.3, -0.25) is 19.0 Å². The molecule has 1 heterocycles. The van der Waals surface area contributed by atoms with Crippen molar-refractivity contribution in [2.45, 2.75) is 6.42 Å². The Hall–Kier alpha value is -5.03. The van der Waals surface area contributed by atoms with Crippen LogP contribution in [0.3, 0.4) is 0 Å². The van der Waals surface area contributed by atoms with Crippen LogP contribution in [-0.2, 0) is 4.79 Å². The number of benzene rings is 3. The molecular formula is C27H20N4O4. The lowest BCUT2D eigenvalue weighted by Gasteiger charge is -2.13. The van der Waals surface area contributed by atoms with Crippen molar-refractivity contribution >= 4 is 34.9 Å². The zero-order valence-corrected chi connectivity index (χ0v) is 18.5. The van der Waals surface area contributed by atoms with Crippen molar-refractivity contribution in [3.63, 3.8) is 0 Å². The molecule has 1 amide bonds. The van der Waals surface area contributed by atoms with Crippen LogP contribution in [-0.4, -0.2) is 33.1 Å². The van der Waals surface area contributed by atoms with Crippen molar-refractivity contribution < 1.29 is 14.7 Å². The van der Waals surface area contributed by atoms with Crippen LogP contribution in [0, 0.1) is 11.3 Å². The van der Waals surface area contributed by atoms with Crippen molar-refractivity contribution in [1.82, 2.24) is 14.9 Å². The van der Waals surface area contributed by atoms with E-state index >= 15 is 0 Å². The third-order valence-corrected chi connectivity index (χ3v) is 5.26. The third kappa shape index (κ3) is 5.31. The summed E-state index contributed by atoms with van der Waals surface area (Å²) in [5.74, 6) is -1.09. The van der Waals surface area contributed by atoms with Gasteiger partial charge in [0.25, 0.3) is 11.5 Å². The number of rotatable bonds is 7. The second-order valence-electron chi connectivity index (χ2n) is 7.64. The number of amides is 1. The van der Waals surface area contributed by atoms with E-state index < -0.39 is 11.9 Å². The summed E-state index contributed by atoms with van der Waals surface area (Å²) in [5.41, 5.74) is 2.34. The molecule has 8 nitrogen and oxygen atoms in total. The Morgan fingerprint density at radius 2 is 1.80 bits per heavy atom. The summed E-state index contributed by atoms with van der Waals surface area (Å²) in [5, 5.41) is 20.8. The monoisotopic (exact) mass is 464 g/mol. The standard InChI is InChI=1S/C27H20N4O4/c28-17-19-10-8-18(9-11-19)12-13-24-30-23-7-2-1-6-22(23)27(35)31(24)21-5-3-4-20(16-21)26(34)29-15-14-25(32)33/h1-13,16H,14-15H2,(H,29,34)(H,32,33)/b13-12+. The van der Waals surface area contributed by atoms with E-state index in [-0.39, 0.29) is 24.1 Å². The van der Waals surface area contributed by atoms with Gasteiger partial charge in [0.05, 0.1) is 34.6 Å². The first-order chi connectivity index (χ1) is 17.0. The highest BCUT2D eigenvalue weighted by Crippen LogP contribution is 2.17. The number of carboxylic acid groups (broad SMARTS) is 1. The Bertz CT molecular complexity index is 1550. The predicted octanol–water partition coefficient (Wildman–Crippen LogP) is 3.63. The normalized spacial score (nSPS) is 10.8. The van der Waals surface area contributed by atoms with Gasteiger partial charge in [0.2, 0.25) is 0 Å². The van der Waals surface area contributed by atoms with Crippen molar-refractivity contribution in [2.24, 2.45) is 0 Å². The maximum atomic E-state index is 13.5. The minimum absolute atomic E-state index is 0.00550. The number of nitriles is 1. The molecule has 0 spiro atoms. The Kier molecular flexibility index (Phi) is 6.79. The van der Waals surface area contributed by atoms with Crippen molar-refractivity contribution in [3.8, 4) is 11.8 Å². The van der Waals surface area contributed by atoms with Gasteiger partial charge in [0.15, 0.2) is 0 Å². The van der Waals surface area contributed by atoms with Crippen LogP contribution in [0.2, 0.25) is 0 Å². The topological polar surface area (TPSA) is 125 Å². The number of nitrogens with zero attached hydrogens (tertiary/aromatic N) is 3. The Labute approximate surface area is 200 Å².